The Morgan fingerprint density at radius 3 is 2.58 bits per heavy atom. The van der Waals surface area contributed by atoms with Crippen LogP contribution in [0.4, 0.5) is 14.6 Å². The largest absolute Gasteiger partial charge is 0.508 e. The van der Waals surface area contributed by atoms with E-state index in [0.29, 0.717) is 67.5 Å². The Labute approximate surface area is 309 Å². The Kier molecular flexibility index (Phi) is 9.74. The third-order valence-corrected chi connectivity index (χ3v) is 12.1. The van der Waals surface area contributed by atoms with E-state index in [1.165, 1.54) is 31.4 Å². The number of aromatic hydroxyl groups is 1. The molecule has 9 nitrogen and oxygen atoms in total. The second-order valence-electron chi connectivity index (χ2n) is 15.0. The number of likely N-dealkylation sites (tertiary alicyclic amines) is 1. The maximum absolute atomic E-state index is 17.2. The lowest BCUT2D eigenvalue weighted by Crippen LogP contribution is -2.56. The van der Waals surface area contributed by atoms with Crippen LogP contribution in [0.3, 0.4) is 0 Å². The Balaban J connectivity index is 1.22. The Morgan fingerprint density at radius 2 is 1.79 bits per heavy atom. The van der Waals surface area contributed by atoms with E-state index in [1.54, 1.807) is 0 Å². The van der Waals surface area contributed by atoms with Crippen molar-refractivity contribution in [1.29, 1.82) is 0 Å². The predicted octanol–water partition coefficient (Wildman–Crippen LogP) is 7.25. The average molecular weight is 722 g/mol. The number of methoxy groups -OCH3 is 1. The lowest BCUT2D eigenvalue weighted by molar-refractivity contribution is -0.0317. The van der Waals surface area contributed by atoms with Gasteiger partial charge < -0.3 is 24.2 Å². The van der Waals surface area contributed by atoms with Crippen molar-refractivity contribution in [3.05, 3.63) is 41.5 Å². The number of piperidine rings is 1. The van der Waals surface area contributed by atoms with Crippen LogP contribution in [0.2, 0.25) is 0 Å². The molecule has 0 bridgehead atoms. The number of hydrogen-bond acceptors (Lipinski definition) is 9. The lowest BCUT2D eigenvalue weighted by atomic mass is 9.73. The smallest absolute Gasteiger partial charge is 0.319 e. The SMILES string of the molecule is C#Cc1c(F)ccc2cc(O)cc(-c3nc(OC)c4c(N5CCCOCC5)nc(OC[C@]56CCC[C@H]5N(C5CCC(C#C)CC5)CCC6)nc4c3F)c12. The second kappa shape index (κ2) is 14.6. The van der Waals surface area contributed by atoms with E-state index >= 15 is 8.78 Å². The van der Waals surface area contributed by atoms with Crippen LogP contribution in [-0.4, -0.2) is 83.6 Å². The topological polar surface area (TPSA) is 93.1 Å². The zero-order valence-electron chi connectivity index (χ0n) is 30.2. The number of terminal acetylenes is 2. The van der Waals surface area contributed by atoms with Crippen molar-refractivity contribution in [1.82, 2.24) is 19.9 Å². The van der Waals surface area contributed by atoms with E-state index in [1.807, 2.05) is 4.90 Å². The summed E-state index contributed by atoms with van der Waals surface area (Å²) in [7, 11) is 1.45. The number of hydrogen-bond donors (Lipinski definition) is 1. The fraction of sp³-hybridized carbons (Fsp3) is 0.500. The molecule has 0 amide bonds. The molecule has 4 aliphatic rings. The molecule has 2 aromatic heterocycles. The molecule has 8 rings (SSSR count). The van der Waals surface area contributed by atoms with Crippen molar-refractivity contribution < 1.29 is 28.1 Å². The number of nitrogens with zero attached hydrogens (tertiary/aromatic N) is 5. The predicted molar refractivity (Wildman–Crippen MR) is 200 cm³/mol. The quantitative estimate of drug-likeness (QED) is 0.198. The summed E-state index contributed by atoms with van der Waals surface area (Å²) < 4.78 is 50.5. The summed E-state index contributed by atoms with van der Waals surface area (Å²) in [5.74, 6) is 4.68. The van der Waals surface area contributed by atoms with Gasteiger partial charge in [0.15, 0.2) is 5.82 Å². The Hall–Kier alpha value is -4.71. The first-order valence-electron chi connectivity index (χ1n) is 18.9. The molecule has 2 aromatic carbocycles. The van der Waals surface area contributed by atoms with E-state index in [9.17, 15) is 5.11 Å². The highest BCUT2D eigenvalue weighted by molar-refractivity contribution is 6.04. The van der Waals surface area contributed by atoms with Crippen LogP contribution < -0.4 is 14.4 Å². The van der Waals surface area contributed by atoms with E-state index < -0.39 is 11.6 Å². The number of pyridine rings is 1. The molecule has 2 saturated heterocycles. The summed E-state index contributed by atoms with van der Waals surface area (Å²) in [6.07, 6.45) is 22.1. The molecule has 0 radical (unpaired) electrons. The summed E-state index contributed by atoms with van der Waals surface area (Å²) in [4.78, 5) is 19.1. The molecule has 53 heavy (non-hydrogen) atoms. The highest BCUT2D eigenvalue weighted by atomic mass is 19.1. The van der Waals surface area contributed by atoms with Crippen molar-refractivity contribution in [2.45, 2.75) is 76.3 Å². The van der Waals surface area contributed by atoms with Gasteiger partial charge in [-0.1, -0.05) is 18.4 Å². The minimum absolute atomic E-state index is 0.0526. The van der Waals surface area contributed by atoms with Gasteiger partial charge in [0.2, 0.25) is 5.88 Å². The van der Waals surface area contributed by atoms with Crippen LogP contribution in [0.25, 0.3) is 32.9 Å². The van der Waals surface area contributed by atoms with Crippen LogP contribution in [0, 0.1) is 47.7 Å². The first kappa shape index (κ1) is 35.3. The Bertz CT molecular complexity index is 2120. The van der Waals surface area contributed by atoms with Gasteiger partial charge in [0.25, 0.3) is 0 Å². The zero-order valence-corrected chi connectivity index (χ0v) is 30.2. The lowest BCUT2D eigenvalue weighted by Gasteiger charge is -2.50. The van der Waals surface area contributed by atoms with Gasteiger partial charge in [-0.2, -0.15) is 9.97 Å². The summed E-state index contributed by atoms with van der Waals surface area (Å²) in [6, 6.07) is 6.49. The maximum Gasteiger partial charge on any atom is 0.319 e. The van der Waals surface area contributed by atoms with Crippen LogP contribution >= 0.6 is 0 Å². The molecule has 0 spiro atoms. The van der Waals surface area contributed by atoms with Crippen molar-refractivity contribution in [3.8, 4) is 53.6 Å². The summed E-state index contributed by atoms with van der Waals surface area (Å²) >= 11 is 0. The fourth-order valence-corrected chi connectivity index (χ4v) is 9.59. The molecule has 2 saturated carbocycles. The van der Waals surface area contributed by atoms with Crippen molar-refractivity contribution >= 4 is 27.5 Å². The van der Waals surface area contributed by atoms with E-state index in [0.717, 1.165) is 70.8 Å². The number of ether oxygens (including phenoxy) is 3. The van der Waals surface area contributed by atoms with Crippen molar-refractivity contribution in [3.63, 3.8) is 0 Å². The van der Waals surface area contributed by atoms with E-state index in [4.69, 9.17) is 37.0 Å². The van der Waals surface area contributed by atoms with E-state index in [2.05, 4.69) is 21.7 Å². The molecular weight excluding hydrogens is 676 g/mol. The van der Waals surface area contributed by atoms with Gasteiger partial charge in [0.05, 0.1) is 25.9 Å². The molecule has 0 unspecified atom stereocenters. The molecule has 4 heterocycles. The number of phenolic OH excluding ortho intramolecular Hbond substituents is 1. The number of phenols is 1. The monoisotopic (exact) mass is 721 g/mol. The number of aromatic nitrogens is 3. The average Bonchev–Trinajstić information content (AvgIpc) is 3.43. The Morgan fingerprint density at radius 1 is 0.962 bits per heavy atom. The van der Waals surface area contributed by atoms with E-state index in [-0.39, 0.29) is 50.8 Å². The van der Waals surface area contributed by atoms with Gasteiger partial charge in [-0.15, -0.1) is 18.8 Å². The number of rotatable bonds is 7. The standard InChI is InChI=1S/C42H45F2N5O4/c1-4-26-10-13-28(14-11-26)49-19-7-17-42(16-6-9-33(42)49)25-53-41-46-38-35(39(47-41)48-18-8-21-52-22-20-48)40(51-3)45-37(36(38)44)31-24-29(50)23-27-12-15-32(43)30(5-2)34(27)31/h1-2,12,15,23-24,26,28,33,50H,6-11,13-14,16-22,25H2,3H3/t26?,28?,33-,42-/m1/s1. The zero-order chi connectivity index (χ0) is 36.7. The molecule has 2 aliphatic carbocycles. The van der Waals surface area contributed by atoms with Crippen LogP contribution in [0.15, 0.2) is 24.3 Å². The van der Waals surface area contributed by atoms with Crippen LogP contribution in [0.5, 0.6) is 17.6 Å². The fourth-order valence-electron chi connectivity index (χ4n) is 9.59. The number of anilines is 1. The summed E-state index contributed by atoms with van der Waals surface area (Å²) in [5.41, 5.74) is -0.258. The third-order valence-electron chi connectivity index (χ3n) is 12.1. The molecule has 2 aliphatic heterocycles. The normalized spacial score (nSPS) is 25.1. The second-order valence-corrected chi connectivity index (χ2v) is 15.0. The highest BCUT2D eigenvalue weighted by Gasteiger charge is 2.50. The molecular formula is C42H45F2N5O4. The minimum Gasteiger partial charge on any atom is -0.508 e. The number of benzene rings is 2. The van der Waals surface area contributed by atoms with Gasteiger partial charge in [-0.05, 0) is 87.9 Å². The van der Waals surface area contributed by atoms with Gasteiger partial charge in [0, 0.05) is 54.1 Å². The van der Waals surface area contributed by atoms with Gasteiger partial charge in [-0.3, -0.25) is 4.90 Å². The molecule has 1 N–H and O–H groups in total. The number of fused-ring (bicyclic) bond motifs is 3. The van der Waals surface area contributed by atoms with Gasteiger partial charge in [0.1, 0.15) is 34.0 Å². The summed E-state index contributed by atoms with van der Waals surface area (Å²) in [5, 5.41) is 11.7. The highest BCUT2D eigenvalue weighted by Crippen LogP contribution is 2.50. The van der Waals surface area contributed by atoms with Crippen LogP contribution in [-0.2, 0) is 4.74 Å². The number of halogens is 2. The molecule has 276 valence electrons. The van der Waals surface area contributed by atoms with Crippen molar-refractivity contribution in [2.75, 3.05) is 51.5 Å². The first-order chi connectivity index (χ1) is 25.8. The summed E-state index contributed by atoms with van der Waals surface area (Å²) in [6.45, 7) is 3.70. The molecule has 4 aromatic rings. The minimum atomic E-state index is -0.789. The van der Waals surface area contributed by atoms with Crippen molar-refractivity contribution in [2.24, 2.45) is 11.3 Å². The van der Waals surface area contributed by atoms with Gasteiger partial charge in [-0.25, -0.2) is 13.8 Å². The van der Waals surface area contributed by atoms with Crippen LogP contribution in [0.1, 0.15) is 69.8 Å². The molecule has 11 heteroatoms. The molecule has 2 atom stereocenters. The van der Waals surface area contributed by atoms with Gasteiger partial charge >= 0.3 is 6.01 Å². The third kappa shape index (κ3) is 6.38. The molecule has 4 fully saturated rings. The first-order valence-corrected chi connectivity index (χ1v) is 18.9. The maximum atomic E-state index is 17.2.